The minimum absolute atomic E-state index is 0.0800. The molecule has 0 aliphatic heterocycles. The van der Waals surface area contributed by atoms with Crippen LogP contribution in [0.25, 0.3) is 0 Å². The molecule has 0 amide bonds. The third-order valence-corrected chi connectivity index (χ3v) is 16.9. The lowest BCUT2D eigenvalue weighted by atomic mass is 10.2. The summed E-state index contributed by atoms with van der Waals surface area (Å²) in [7, 11) is -6.98. The Morgan fingerprint density at radius 3 is 1.67 bits per heavy atom. The van der Waals surface area contributed by atoms with Gasteiger partial charge in [0, 0.05) is 6.16 Å². The van der Waals surface area contributed by atoms with Crippen LogP contribution in [0.2, 0.25) is 36.3 Å². The molecule has 8 heteroatoms. The monoisotopic (exact) mass is 440 g/mol. The summed E-state index contributed by atoms with van der Waals surface area (Å²) < 4.78 is 36.8. The highest BCUT2D eigenvalue weighted by molar-refractivity contribution is 7.53. The van der Waals surface area contributed by atoms with E-state index in [0.717, 1.165) is 0 Å². The zero-order valence-corrected chi connectivity index (χ0v) is 22.8. The number of rotatable bonds is 11. The standard InChI is InChI=1S/C19H45O5PSi2/c1-13-21-25(20,14-2)22-15-17(24-27(11,12)19(6,7)8)16-23-26(9,10)18(3,4)5/h17H,13-16H2,1-12H3. The van der Waals surface area contributed by atoms with Gasteiger partial charge in [0.2, 0.25) is 0 Å². The SMILES string of the molecule is CCOP(=O)(CC)OCC(CO[Si](C)(C)C(C)(C)C)O[Si](C)(C)C(C)(C)C. The maximum atomic E-state index is 12.7. The normalized spacial score (nSPS) is 17.6. The van der Waals surface area contributed by atoms with E-state index in [1.165, 1.54) is 0 Å². The quantitative estimate of drug-likeness (QED) is 0.265. The zero-order chi connectivity index (χ0) is 21.7. The lowest BCUT2D eigenvalue weighted by Crippen LogP contribution is -2.49. The summed E-state index contributed by atoms with van der Waals surface area (Å²) in [6.45, 7) is 26.9. The molecule has 5 nitrogen and oxygen atoms in total. The Kier molecular flexibility index (Phi) is 10.2. The minimum atomic E-state index is -3.07. The first kappa shape index (κ1) is 27.5. The van der Waals surface area contributed by atoms with E-state index in [9.17, 15) is 4.57 Å². The molecular weight excluding hydrogens is 395 g/mol. The van der Waals surface area contributed by atoms with E-state index in [1.54, 1.807) is 0 Å². The second kappa shape index (κ2) is 10.0. The highest BCUT2D eigenvalue weighted by Crippen LogP contribution is 2.48. The molecule has 0 aliphatic rings. The van der Waals surface area contributed by atoms with Crippen molar-refractivity contribution in [3.8, 4) is 0 Å². The van der Waals surface area contributed by atoms with Gasteiger partial charge in [0.05, 0.1) is 25.9 Å². The Morgan fingerprint density at radius 1 is 0.815 bits per heavy atom. The molecule has 2 atom stereocenters. The van der Waals surface area contributed by atoms with Crippen molar-refractivity contribution in [1.29, 1.82) is 0 Å². The van der Waals surface area contributed by atoms with Gasteiger partial charge in [-0.25, -0.2) is 0 Å². The molecule has 2 unspecified atom stereocenters. The molecule has 0 bridgehead atoms. The second-order valence-corrected chi connectivity index (χ2v) is 22.1. The predicted molar refractivity (Wildman–Crippen MR) is 121 cm³/mol. The third-order valence-electron chi connectivity index (χ3n) is 5.87. The van der Waals surface area contributed by atoms with Gasteiger partial charge in [0.15, 0.2) is 16.6 Å². The van der Waals surface area contributed by atoms with Crippen molar-refractivity contribution in [2.45, 2.75) is 97.8 Å². The Balaban J connectivity index is 5.31. The van der Waals surface area contributed by atoms with Crippen LogP contribution >= 0.6 is 7.60 Å². The van der Waals surface area contributed by atoms with Gasteiger partial charge in [-0.3, -0.25) is 4.57 Å². The van der Waals surface area contributed by atoms with Crippen molar-refractivity contribution in [2.75, 3.05) is 26.0 Å². The largest absolute Gasteiger partial charge is 0.414 e. The maximum absolute atomic E-state index is 12.7. The van der Waals surface area contributed by atoms with Crippen LogP contribution in [0.15, 0.2) is 0 Å². The van der Waals surface area contributed by atoms with Gasteiger partial charge in [-0.15, -0.1) is 0 Å². The average molecular weight is 441 g/mol. The van der Waals surface area contributed by atoms with Gasteiger partial charge >= 0.3 is 7.60 Å². The molecule has 0 aromatic carbocycles. The first-order valence-corrected chi connectivity index (χ1v) is 17.6. The lowest BCUT2D eigenvalue weighted by molar-refractivity contribution is 0.0579. The Labute approximate surface area is 170 Å². The molecule has 0 saturated carbocycles. The van der Waals surface area contributed by atoms with Crippen molar-refractivity contribution in [3.05, 3.63) is 0 Å². The smallest absolute Gasteiger partial charge is 0.330 e. The van der Waals surface area contributed by atoms with Crippen LogP contribution in [0.5, 0.6) is 0 Å². The molecule has 0 aromatic heterocycles. The van der Waals surface area contributed by atoms with Crippen LogP contribution in [0.3, 0.4) is 0 Å². The van der Waals surface area contributed by atoms with Crippen molar-refractivity contribution in [3.63, 3.8) is 0 Å². The fraction of sp³-hybridized carbons (Fsp3) is 1.00. The molecule has 27 heavy (non-hydrogen) atoms. The van der Waals surface area contributed by atoms with Crippen molar-refractivity contribution in [2.24, 2.45) is 0 Å². The minimum Gasteiger partial charge on any atom is -0.414 e. The molecule has 164 valence electrons. The van der Waals surface area contributed by atoms with Crippen LogP contribution < -0.4 is 0 Å². The molecule has 0 aliphatic carbocycles. The van der Waals surface area contributed by atoms with Gasteiger partial charge in [0.25, 0.3) is 0 Å². The molecular formula is C19H45O5PSi2. The molecule has 0 saturated heterocycles. The molecule has 0 rings (SSSR count). The van der Waals surface area contributed by atoms with Crippen LogP contribution in [0.1, 0.15) is 55.4 Å². The van der Waals surface area contributed by atoms with Crippen LogP contribution in [0, 0.1) is 0 Å². The second-order valence-electron chi connectivity index (χ2n) is 10.2. The van der Waals surface area contributed by atoms with E-state index in [-0.39, 0.29) is 22.8 Å². The van der Waals surface area contributed by atoms with Crippen LogP contribution in [0.4, 0.5) is 0 Å². The predicted octanol–water partition coefficient (Wildman–Crippen LogP) is 6.66. The third kappa shape index (κ3) is 8.81. The van der Waals surface area contributed by atoms with Crippen LogP contribution in [-0.4, -0.2) is 48.7 Å². The van der Waals surface area contributed by atoms with E-state index in [4.69, 9.17) is 17.9 Å². The summed E-state index contributed by atoms with van der Waals surface area (Å²) in [5.41, 5.74) is 0. The molecule has 0 heterocycles. The molecule has 0 aromatic rings. The van der Waals surface area contributed by atoms with E-state index >= 15 is 0 Å². The fourth-order valence-electron chi connectivity index (χ4n) is 1.84. The summed E-state index contributed by atoms with van der Waals surface area (Å²) in [5, 5.41) is 0.204. The first-order valence-electron chi connectivity index (χ1n) is 10.1. The topological polar surface area (TPSA) is 54.0 Å². The maximum Gasteiger partial charge on any atom is 0.330 e. The Bertz CT molecular complexity index is 495. The van der Waals surface area contributed by atoms with Crippen molar-refractivity contribution < 1.29 is 22.5 Å². The zero-order valence-electron chi connectivity index (χ0n) is 19.9. The van der Waals surface area contributed by atoms with Crippen LogP contribution in [-0.2, 0) is 22.5 Å². The van der Waals surface area contributed by atoms with Crippen molar-refractivity contribution in [1.82, 2.24) is 0 Å². The number of hydrogen-bond acceptors (Lipinski definition) is 5. The number of hydrogen-bond donors (Lipinski definition) is 0. The Hall–Kier alpha value is 0.504. The molecule has 0 N–H and O–H groups in total. The first-order chi connectivity index (χ1) is 11.9. The van der Waals surface area contributed by atoms with Gasteiger partial charge in [-0.05, 0) is 43.2 Å². The van der Waals surface area contributed by atoms with E-state index in [1.807, 2.05) is 13.8 Å². The summed E-state index contributed by atoms with van der Waals surface area (Å²) in [4.78, 5) is 0. The summed E-state index contributed by atoms with van der Waals surface area (Å²) in [6.07, 6.45) is 0.108. The lowest BCUT2D eigenvalue weighted by Gasteiger charge is -2.41. The highest BCUT2D eigenvalue weighted by Gasteiger charge is 2.42. The molecule has 0 radical (unpaired) electrons. The van der Waals surface area contributed by atoms with Gasteiger partial charge in [0.1, 0.15) is 0 Å². The molecule has 0 fully saturated rings. The summed E-state index contributed by atoms with van der Waals surface area (Å²) >= 11 is 0. The Morgan fingerprint density at radius 2 is 1.30 bits per heavy atom. The van der Waals surface area contributed by atoms with E-state index < -0.39 is 24.2 Å². The van der Waals surface area contributed by atoms with Gasteiger partial charge < -0.3 is 17.9 Å². The van der Waals surface area contributed by atoms with Crippen molar-refractivity contribution >= 4 is 24.2 Å². The summed E-state index contributed by atoms with van der Waals surface area (Å²) in [6, 6.07) is 0. The van der Waals surface area contributed by atoms with Gasteiger partial charge in [-0.2, -0.15) is 0 Å². The van der Waals surface area contributed by atoms with E-state index in [0.29, 0.717) is 19.4 Å². The van der Waals surface area contributed by atoms with E-state index in [2.05, 4.69) is 67.7 Å². The van der Waals surface area contributed by atoms with Gasteiger partial charge in [-0.1, -0.05) is 48.5 Å². The summed E-state index contributed by atoms with van der Waals surface area (Å²) in [5.74, 6) is 0. The highest BCUT2D eigenvalue weighted by atomic mass is 31.2. The molecule has 0 spiro atoms. The fourth-order valence-corrected chi connectivity index (χ4v) is 5.43. The average Bonchev–Trinajstić information content (AvgIpc) is 2.48.